The molecule has 1 heterocycles. The molecule has 3 heteroatoms. The average Bonchev–Trinajstić information content (AvgIpc) is 2.39. The van der Waals surface area contributed by atoms with E-state index in [1.165, 1.54) is 19.3 Å². The molecule has 1 saturated heterocycles. The molecule has 19 heavy (non-hydrogen) atoms. The van der Waals surface area contributed by atoms with Crippen molar-refractivity contribution in [1.82, 2.24) is 4.90 Å². The second-order valence-corrected chi connectivity index (χ2v) is 7.13. The zero-order valence-corrected chi connectivity index (χ0v) is 12.7. The minimum Gasteiger partial charge on any atom is -0.342 e. The summed E-state index contributed by atoms with van der Waals surface area (Å²) in [5.74, 6) is 1.43. The van der Waals surface area contributed by atoms with Crippen LogP contribution in [0, 0.1) is 17.3 Å². The van der Waals surface area contributed by atoms with Gasteiger partial charge in [0.05, 0.1) is 0 Å². The summed E-state index contributed by atoms with van der Waals surface area (Å²) in [4.78, 5) is 14.9. The second-order valence-electron chi connectivity index (χ2n) is 7.13. The first-order valence-electron chi connectivity index (χ1n) is 8.03. The van der Waals surface area contributed by atoms with E-state index < -0.39 is 0 Å². The van der Waals surface area contributed by atoms with E-state index in [0.717, 1.165) is 51.2 Å². The molecule has 2 fully saturated rings. The van der Waals surface area contributed by atoms with Crippen molar-refractivity contribution in [2.24, 2.45) is 23.0 Å². The van der Waals surface area contributed by atoms with Gasteiger partial charge in [-0.1, -0.05) is 26.7 Å². The van der Waals surface area contributed by atoms with Crippen LogP contribution >= 0.6 is 0 Å². The maximum atomic E-state index is 12.7. The maximum absolute atomic E-state index is 12.7. The average molecular weight is 266 g/mol. The molecule has 0 bridgehead atoms. The summed E-state index contributed by atoms with van der Waals surface area (Å²) in [6.07, 6.45) is 8.23. The molecule has 1 aliphatic carbocycles. The highest BCUT2D eigenvalue weighted by Gasteiger charge is 2.39. The molecule has 3 nitrogen and oxygen atoms in total. The van der Waals surface area contributed by atoms with Crippen LogP contribution < -0.4 is 5.73 Å². The van der Waals surface area contributed by atoms with Crippen molar-refractivity contribution in [2.75, 3.05) is 19.6 Å². The summed E-state index contributed by atoms with van der Waals surface area (Å²) in [5, 5.41) is 0. The van der Waals surface area contributed by atoms with E-state index in [0.29, 0.717) is 5.91 Å². The summed E-state index contributed by atoms with van der Waals surface area (Å²) in [5.41, 5.74) is 5.82. The van der Waals surface area contributed by atoms with Crippen LogP contribution in [0.2, 0.25) is 0 Å². The van der Waals surface area contributed by atoms with E-state index in [1.54, 1.807) is 0 Å². The first-order valence-corrected chi connectivity index (χ1v) is 8.03. The summed E-state index contributed by atoms with van der Waals surface area (Å²) < 4.78 is 0. The van der Waals surface area contributed by atoms with Gasteiger partial charge >= 0.3 is 0 Å². The number of nitrogens with zero attached hydrogens (tertiary/aromatic N) is 1. The lowest BCUT2D eigenvalue weighted by molar-refractivity contribution is -0.142. The Morgan fingerprint density at radius 3 is 2.47 bits per heavy atom. The highest BCUT2D eigenvalue weighted by atomic mass is 16.2. The summed E-state index contributed by atoms with van der Waals surface area (Å²) >= 11 is 0. The molecule has 1 aliphatic heterocycles. The fourth-order valence-electron chi connectivity index (χ4n) is 3.85. The smallest absolute Gasteiger partial charge is 0.226 e. The molecule has 0 aromatic heterocycles. The van der Waals surface area contributed by atoms with Gasteiger partial charge in [0, 0.05) is 19.0 Å². The Bertz CT molecular complexity index is 306. The van der Waals surface area contributed by atoms with E-state index in [2.05, 4.69) is 18.7 Å². The molecule has 110 valence electrons. The molecule has 1 amide bonds. The van der Waals surface area contributed by atoms with E-state index in [-0.39, 0.29) is 11.3 Å². The van der Waals surface area contributed by atoms with Crippen LogP contribution in [0.5, 0.6) is 0 Å². The Balaban J connectivity index is 1.90. The summed E-state index contributed by atoms with van der Waals surface area (Å²) in [7, 11) is 0. The van der Waals surface area contributed by atoms with Gasteiger partial charge in [0.15, 0.2) is 0 Å². The van der Waals surface area contributed by atoms with Gasteiger partial charge in [-0.2, -0.15) is 0 Å². The topological polar surface area (TPSA) is 46.3 Å². The molecule has 2 aliphatic rings. The Labute approximate surface area is 117 Å². The number of amides is 1. The third-order valence-electron chi connectivity index (χ3n) is 5.31. The van der Waals surface area contributed by atoms with Crippen molar-refractivity contribution in [2.45, 2.75) is 58.8 Å². The van der Waals surface area contributed by atoms with E-state index in [4.69, 9.17) is 5.73 Å². The van der Waals surface area contributed by atoms with Crippen molar-refractivity contribution in [1.29, 1.82) is 0 Å². The van der Waals surface area contributed by atoms with Crippen LogP contribution in [0.3, 0.4) is 0 Å². The lowest BCUT2D eigenvalue weighted by Crippen LogP contribution is -2.46. The van der Waals surface area contributed by atoms with Crippen LogP contribution in [-0.4, -0.2) is 30.4 Å². The van der Waals surface area contributed by atoms with Crippen LogP contribution in [0.1, 0.15) is 58.8 Å². The number of hydrogen-bond donors (Lipinski definition) is 1. The van der Waals surface area contributed by atoms with Gasteiger partial charge in [0.1, 0.15) is 0 Å². The molecule has 0 aromatic rings. The van der Waals surface area contributed by atoms with Gasteiger partial charge in [-0.3, -0.25) is 4.79 Å². The minimum atomic E-state index is 0.198. The zero-order valence-electron chi connectivity index (χ0n) is 12.7. The Hall–Kier alpha value is -0.570. The number of carbonyl (C=O) groups excluding carboxylic acids is 1. The number of nitrogens with two attached hydrogens (primary N) is 1. The molecule has 1 atom stereocenters. The van der Waals surface area contributed by atoms with Crippen LogP contribution in [0.25, 0.3) is 0 Å². The monoisotopic (exact) mass is 266 g/mol. The van der Waals surface area contributed by atoms with Crippen molar-refractivity contribution in [3.05, 3.63) is 0 Å². The van der Waals surface area contributed by atoms with Gasteiger partial charge in [-0.25, -0.2) is 0 Å². The SMILES string of the molecule is CC1(C)CCCCC1C(=O)N1CCC(CCN)CC1. The Morgan fingerprint density at radius 2 is 1.89 bits per heavy atom. The van der Waals surface area contributed by atoms with Crippen molar-refractivity contribution in [3.8, 4) is 0 Å². The van der Waals surface area contributed by atoms with Gasteiger partial charge < -0.3 is 10.6 Å². The van der Waals surface area contributed by atoms with E-state index in [1.807, 2.05) is 0 Å². The molecule has 0 spiro atoms. The van der Waals surface area contributed by atoms with Gasteiger partial charge in [0.25, 0.3) is 0 Å². The van der Waals surface area contributed by atoms with Gasteiger partial charge in [0.2, 0.25) is 5.91 Å². The normalized spacial score (nSPS) is 28.4. The summed E-state index contributed by atoms with van der Waals surface area (Å²) in [6, 6.07) is 0. The lowest BCUT2D eigenvalue weighted by atomic mass is 9.68. The zero-order chi connectivity index (χ0) is 13.9. The maximum Gasteiger partial charge on any atom is 0.226 e. The first kappa shape index (κ1) is 14.8. The van der Waals surface area contributed by atoms with Crippen molar-refractivity contribution in [3.63, 3.8) is 0 Å². The molecular formula is C16H30N2O. The molecule has 0 aromatic carbocycles. The minimum absolute atomic E-state index is 0.198. The van der Waals surface area contributed by atoms with E-state index >= 15 is 0 Å². The highest BCUT2D eigenvalue weighted by molar-refractivity contribution is 5.79. The number of rotatable bonds is 3. The fraction of sp³-hybridized carbons (Fsp3) is 0.938. The predicted molar refractivity (Wildman–Crippen MR) is 78.7 cm³/mol. The highest BCUT2D eigenvalue weighted by Crippen LogP contribution is 2.41. The summed E-state index contributed by atoms with van der Waals surface area (Å²) in [6.45, 7) is 7.24. The third-order valence-corrected chi connectivity index (χ3v) is 5.31. The number of carbonyl (C=O) groups is 1. The van der Waals surface area contributed by atoms with Crippen LogP contribution in [-0.2, 0) is 4.79 Å². The largest absolute Gasteiger partial charge is 0.342 e. The molecular weight excluding hydrogens is 236 g/mol. The molecule has 0 radical (unpaired) electrons. The Morgan fingerprint density at radius 1 is 1.21 bits per heavy atom. The molecule has 1 saturated carbocycles. The van der Waals surface area contributed by atoms with Crippen LogP contribution in [0.15, 0.2) is 0 Å². The van der Waals surface area contributed by atoms with Crippen molar-refractivity contribution < 1.29 is 4.79 Å². The van der Waals surface area contributed by atoms with Gasteiger partial charge in [-0.15, -0.1) is 0 Å². The fourth-order valence-corrected chi connectivity index (χ4v) is 3.85. The quantitative estimate of drug-likeness (QED) is 0.854. The predicted octanol–water partition coefficient (Wildman–Crippen LogP) is 2.79. The van der Waals surface area contributed by atoms with Crippen molar-refractivity contribution >= 4 is 5.91 Å². The molecule has 2 N–H and O–H groups in total. The number of hydrogen-bond acceptors (Lipinski definition) is 2. The Kier molecular flexibility index (Phi) is 4.88. The first-order chi connectivity index (χ1) is 9.04. The van der Waals surface area contributed by atoms with Crippen LogP contribution in [0.4, 0.5) is 0 Å². The second kappa shape index (κ2) is 6.25. The van der Waals surface area contributed by atoms with E-state index in [9.17, 15) is 4.79 Å². The molecule has 1 unspecified atom stereocenters. The number of piperidine rings is 1. The molecule has 2 rings (SSSR count). The standard InChI is InChI=1S/C16H30N2O/c1-16(2)9-4-3-5-14(16)15(19)18-11-7-13(6-10-17)8-12-18/h13-14H,3-12,17H2,1-2H3. The lowest BCUT2D eigenvalue weighted by Gasteiger charge is -2.42. The number of likely N-dealkylation sites (tertiary alicyclic amines) is 1. The van der Waals surface area contributed by atoms with Gasteiger partial charge in [-0.05, 0) is 50.0 Å². The third kappa shape index (κ3) is 3.50.